The van der Waals surface area contributed by atoms with Crippen molar-refractivity contribution in [2.75, 3.05) is 27.4 Å². The molecule has 22 heavy (non-hydrogen) atoms. The predicted octanol–water partition coefficient (Wildman–Crippen LogP) is 2.41. The summed E-state index contributed by atoms with van der Waals surface area (Å²) >= 11 is 5.36. The van der Waals surface area contributed by atoms with E-state index in [2.05, 4.69) is 10.6 Å². The van der Waals surface area contributed by atoms with Gasteiger partial charge in [0.15, 0.2) is 5.11 Å². The molecule has 6 heteroatoms. The van der Waals surface area contributed by atoms with Gasteiger partial charge < -0.3 is 24.8 Å². The summed E-state index contributed by atoms with van der Waals surface area (Å²) in [6.07, 6.45) is 2.49. The van der Waals surface area contributed by atoms with Gasteiger partial charge in [0.1, 0.15) is 11.5 Å². The molecule has 1 aromatic rings. The van der Waals surface area contributed by atoms with Crippen molar-refractivity contribution in [3.05, 3.63) is 23.8 Å². The molecule has 0 amide bonds. The summed E-state index contributed by atoms with van der Waals surface area (Å²) < 4.78 is 16.3. The van der Waals surface area contributed by atoms with Crippen LogP contribution in [0.15, 0.2) is 18.2 Å². The molecule has 0 spiro atoms. The Bertz CT molecular complexity index is 504. The van der Waals surface area contributed by atoms with Gasteiger partial charge in [0.05, 0.1) is 26.4 Å². The van der Waals surface area contributed by atoms with E-state index in [4.69, 9.17) is 26.4 Å². The van der Waals surface area contributed by atoms with Gasteiger partial charge in [-0.25, -0.2) is 0 Å². The average Bonchev–Trinajstić information content (AvgIpc) is 3.05. The largest absolute Gasteiger partial charge is 0.497 e. The topological polar surface area (TPSA) is 51.8 Å². The van der Waals surface area contributed by atoms with Crippen LogP contribution in [0, 0.1) is 0 Å². The number of hydrogen-bond donors (Lipinski definition) is 2. The van der Waals surface area contributed by atoms with Gasteiger partial charge in [0, 0.05) is 18.7 Å². The smallest absolute Gasteiger partial charge is 0.166 e. The summed E-state index contributed by atoms with van der Waals surface area (Å²) in [5.74, 6) is 1.60. The lowest BCUT2D eigenvalue weighted by Crippen LogP contribution is -2.40. The Hall–Kier alpha value is -1.53. The third kappa shape index (κ3) is 4.48. The Morgan fingerprint density at radius 2 is 2.23 bits per heavy atom. The van der Waals surface area contributed by atoms with Gasteiger partial charge in [-0.3, -0.25) is 0 Å². The third-order valence-corrected chi connectivity index (χ3v) is 4.03. The molecule has 1 fully saturated rings. The maximum atomic E-state index is 5.57. The minimum Gasteiger partial charge on any atom is -0.497 e. The summed E-state index contributed by atoms with van der Waals surface area (Å²) in [6.45, 7) is 3.63. The van der Waals surface area contributed by atoms with E-state index in [1.165, 1.54) is 0 Å². The standard InChI is InChI=1S/C16H24N2O3S/c1-11(14-9-12(19-2)6-7-15(14)20-3)18-16(22)17-10-13-5-4-8-21-13/h6-7,9,11,13H,4-5,8,10H2,1-3H3,(H2,17,18,22)/t11-,13-/m1/s1. The van der Waals surface area contributed by atoms with E-state index in [9.17, 15) is 0 Å². The van der Waals surface area contributed by atoms with Gasteiger partial charge in [-0.05, 0) is 50.2 Å². The van der Waals surface area contributed by atoms with Crippen LogP contribution < -0.4 is 20.1 Å². The molecule has 0 saturated carbocycles. The van der Waals surface area contributed by atoms with Crippen LogP contribution in [0.2, 0.25) is 0 Å². The summed E-state index contributed by atoms with van der Waals surface area (Å²) in [7, 11) is 3.31. The van der Waals surface area contributed by atoms with Gasteiger partial charge in [0.2, 0.25) is 0 Å². The summed E-state index contributed by atoms with van der Waals surface area (Å²) in [4.78, 5) is 0. The zero-order valence-electron chi connectivity index (χ0n) is 13.3. The minimum absolute atomic E-state index is 0.00884. The molecule has 2 atom stereocenters. The normalized spacial score (nSPS) is 18.6. The van der Waals surface area contributed by atoms with Crippen molar-refractivity contribution in [3.63, 3.8) is 0 Å². The molecule has 0 unspecified atom stereocenters. The highest BCUT2D eigenvalue weighted by Crippen LogP contribution is 2.29. The molecule has 1 heterocycles. The molecule has 1 aliphatic rings. The maximum absolute atomic E-state index is 5.57. The highest BCUT2D eigenvalue weighted by Gasteiger charge is 2.17. The molecular weight excluding hydrogens is 300 g/mol. The van der Waals surface area contributed by atoms with Crippen molar-refractivity contribution in [2.45, 2.75) is 31.9 Å². The number of hydrogen-bond acceptors (Lipinski definition) is 4. The first kappa shape index (κ1) is 16.8. The van der Waals surface area contributed by atoms with E-state index in [-0.39, 0.29) is 12.1 Å². The lowest BCUT2D eigenvalue weighted by Gasteiger charge is -2.21. The molecule has 0 aliphatic carbocycles. The first-order valence-corrected chi connectivity index (χ1v) is 7.92. The average molecular weight is 324 g/mol. The molecule has 0 radical (unpaired) electrons. The van der Waals surface area contributed by atoms with Crippen LogP contribution >= 0.6 is 12.2 Å². The van der Waals surface area contributed by atoms with Gasteiger partial charge in [0.25, 0.3) is 0 Å². The van der Waals surface area contributed by atoms with Gasteiger partial charge >= 0.3 is 0 Å². The summed E-state index contributed by atoms with van der Waals surface area (Å²) in [6, 6.07) is 5.74. The van der Waals surface area contributed by atoms with E-state index in [1.807, 2.05) is 25.1 Å². The molecule has 5 nitrogen and oxygen atoms in total. The second kappa shape index (κ2) is 8.19. The van der Waals surface area contributed by atoms with Crippen LogP contribution in [-0.4, -0.2) is 38.6 Å². The van der Waals surface area contributed by atoms with Crippen LogP contribution in [0.25, 0.3) is 0 Å². The first-order valence-electron chi connectivity index (χ1n) is 7.52. The van der Waals surface area contributed by atoms with Crippen LogP contribution in [-0.2, 0) is 4.74 Å². The van der Waals surface area contributed by atoms with E-state index < -0.39 is 0 Å². The summed E-state index contributed by atoms with van der Waals surface area (Å²) in [5, 5.41) is 7.11. The minimum atomic E-state index is 0.00884. The van der Waals surface area contributed by atoms with Crippen LogP contribution in [0.1, 0.15) is 31.4 Å². The summed E-state index contributed by atoms with van der Waals surface area (Å²) in [5.41, 5.74) is 1.00. The number of nitrogens with one attached hydrogen (secondary N) is 2. The Morgan fingerprint density at radius 1 is 1.41 bits per heavy atom. The molecule has 1 aromatic carbocycles. The monoisotopic (exact) mass is 324 g/mol. The number of ether oxygens (including phenoxy) is 3. The van der Waals surface area contributed by atoms with Crippen LogP contribution in [0.5, 0.6) is 11.5 Å². The van der Waals surface area contributed by atoms with E-state index in [0.717, 1.165) is 43.1 Å². The lowest BCUT2D eigenvalue weighted by atomic mass is 10.1. The third-order valence-electron chi connectivity index (χ3n) is 3.77. The number of rotatable bonds is 6. The van der Waals surface area contributed by atoms with E-state index in [1.54, 1.807) is 14.2 Å². The van der Waals surface area contributed by atoms with E-state index in [0.29, 0.717) is 5.11 Å². The number of benzene rings is 1. The Balaban J connectivity index is 1.92. The molecule has 122 valence electrons. The fraction of sp³-hybridized carbons (Fsp3) is 0.562. The molecule has 2 N–H and O–H groups in total. The van der Waals surface area contributed by atoms with Crippen molar-refractivity contribution in [3.8, 4) is 11.5 Å². The zero-order chi connectivity index (χ0) is 15.9. The lowest BCUT2D eigenvalue weighted by molar-refractivity contribution is 0.114. The Kier molecular flexibility index (Phi) is 6.27. The number of methoxy groups -OCH3 is 2. The fourth-order valence-corrected chi connectivity index (χ4v) is 2.78. The van der Waals surface area contributed by atoms with Gasteiger partial charge in [-0.15, -0.1) is 0 Å². The number of thiocarbonyl (C=S) groups is 1. The fourth-order valence-electron chi connectivity index (χ4n) is 2.52. The SMILES string of the molecule is COc1ccc(OC)c([C@@H](C)NC(=S)NC[C@H]2CCCO2)c1. The van der Waals surface area contributed by atoms with Crippen LogP contribution in [0.3, 0.4) is 0 Å². The molecule has 0 bridgehead atoms. The second-order valence-electron chi connectivity index (χ2n) is 5.32. The predicted molar refractivity (Wildman–Crippen MR) is 90.7 cm³/mol. The second-order valence-corrected chi connectivity index (χ2v) is 5.73. The maximum Gasteiger partial charge on any atom is 0.166 e. The van der Waals surface area contributed by atoms with Crippen molar-refractivity contribution in [2.24, 2.45) is 0 Å². The van der Waals surface area contributed by atoms with Crippen LogP contribution in [0.4, 0.5) is 0 Å². The molecule has 0 aromatic heterocycles. The molecular formula is C16H24N2O3S. The van der Waals surface area contributed by atoms with Crippen molar-refractivity contribution in [1.82, 2.24) is 10.6 Å². The first-order chi connectivity index (χ1) is 10.6. The Morgan fingerprint density at radius 3 is 2.86 bits per heavy atom. The van der Waals surface area contributed by atoms with E-state index >= 15 is 0 Å². The molecule has 1 saturated heterocycles. The zero-order valence-corrected chi connectivity index (χ0v) is 14.2. The highest BCUT2D eigenvalue weighted by molar-refractivity contribution is 7.80. The van der Waals surface area contributed by atoms with Gasteiger partial charge in [-0.1, -0.05) is 0 Å². The van der Waals surface area contributed by atoms with Gasteiger partial charge in [-0.2, -0.15) is 0 Å². The molecule has 2 rings (SSSR count). The molecule has 1 aliphatic heterocycles. The quantitative estimate of drug-likeness (QED) is 0.784. The highest BCUT2D eigenvalue weighted by atomic mass is 32.1. The van der Waals surface area contributed by atoms with Crippen molar-refractivity contribution < 1.29 is 14.2 Å². The Labute approximate surface area is 137 Å². The van der Waals surface area contributed by atoms with Crippen molar-refractivity contribution in [1.29, 1.82) is 0 Å². The van der Waals surface area contributed by atoms with Crippen molar-refractivity contribution >= 4 is 17.3 Å².